The van der Waals surface area contributed by atoms with E-state index in [2.05, 4.69) is 10.6 Å². The summed E-state index contributed by atoms with van der Waals surface area (Å²) >= 11 is 0.843. The molecule has 6 nitrogen and oxygen atoms in total. The highest BCUT2D eigenvalue weighted by Crippen LogP contribution is 2.39. The Balaban J connectivity index is 1.35. The summed E-state index contributed by atoms with van der Waals surface area (Å²) in [6, 6.07) is 31.2. The minimum Gasteiger partial charge on any atom is -0.321 e. The predicted molar refractivity (Wildman–Crippen MR) is 189 cm³/mol. The van der Waals surface area contributed by atoms with Crippen molar-refractivity contribution in [2.45, 2.75) is 29.7 Å². The number of thioether (sulfide) groups is 1. The zero-order valence-electron chi connectivity index (χ0n) is 27.5. The summed E-state index contributed by atoms with van der Waals surface area (Å²) in [5.41, 5.74) is -1.52. The van der Waals surface area contributed by atoms with Gasteiger partial charge >= 0.3 is 6.18 Å². The summed E-state index contributed by atoms with van der Waals surface area (Å²) in [7, 11) is 0. The van der Waals surface area contributed by atoms with Gasteiger partial charge in [-0.25, -0.2) is 17.6 Å². The average molecular weight is 752 g/mol. The van der Waals surface area contributed by atoms with Crippen LogP contribution in [0, 0.1) is 23.3 Å². The Morgan fingerprint density at radius 1 is 0.717 bits per heavy atom. The van der Waals surface area contributed by atoms with Crippen LogP contribution < -0.4 is 16.0 Å². The van der Waals surface area contributed by atoms with E-state index in [4.69, 9.17) is 0 Å². The predicted octanol–water partition coefficient (Wildman–Crippen LogP) is 9.85. The van der Waals surface area contributed by atoms with Gasteiger partial charge in [-0.1, -0.05) is 85.8 Å². The molecule has 3 amide bonds. The van der Waals surface area contributed by atoms with Gasteiger partial charge in [0.25, 0.3) is 11.8 Å². The van der Waals surface area contributed by atoms with Crippen molar-refractivity contribution in [1.82, 2.24) is 5.32 Å². The Bertz CT molecular complexity index is 2130. The number of carbonyl (C=O) groups is 3. The fourth-order valence-electron chi connectivity index (χ4n) is 5.04. The van der Waals surface area contributed by atoms with Gasteiger partial charge in [-0.3, -0.25) is 14.4 Å². The standard InChI is InChI=1S/C39H28F7N3O3S/c1-2-29(38(52)49-35-33(42)31(40)30(39(44,45)46)32(41)34(35)43)53-27-15-9-14-26(21-27)47-37(51)28(48-36(50)25-12-7-4-8-13-25)20-22-16-18-24(19-17-22)23-10-5-3-6-11-23/h3-21,29H,2H2,1H3,(H,47,51)(H,48,50)(H,49,52)/b28-20+. The van der Waals surface area contributed by atoms with Gasteiger partial charge in [0.2, 0.25) is 5.91 Å². The van der Waals surface area contributed by atoms with Gasteiger partial charge in [-0.15, -0.1) is 11.8 Å². The van der Waals surface area contributed by atoms with Crippen molar-refractivity contribution in [3.63, 3.8) is 0 Å². The van der Waals surface area contributed by atoms with E-state index >= 15 is 0 Å². The van der Waals surface area contributed by atoms with Crippen molar-refractivity contribution < 1.29 is 45.1 Å². The number of nitrogens with one attached hydrogen (secondary N) is 3. The first-order chi connectivity index (χ1) is 25.3. The molecule has 0 heterocycles. The molecule has 0 saturated heterocycles. The Labute approximate surface area is 303 Å². The van der Waals surface area contributed by atoms with Gasteiger partial charge in [0.1, 0.15) is 16.9 Å². The van der Waals surface area contributed by atoms with Crippen molar-refractivity contribution >= 4 is 46.9 Å². The molecule has 0 fully saturated rings. The second-order valence-electron chi connectivity index (χ2n) is 11.4. The van der Waals surface area contributed by atoms with Gasteiger partial charge in [0.05, 0.1) is 5.25 Å². The molecule has 0 bridgehead atoms. The number of carbonyl (C=O) groups excluding carboxylic acids is 3. The Morgan fingerprint density at radius 2 is 1.30 bits per heavy atom. The zero-order chi connectivity index (χ0) is 38.3. The highest BCUT2D eigenvalue weighted by molar-refractivity contribution is 8.00. The van der Waals surface area contributed by atoms with Crippen molar-refractivity contribution in [1.29, 1.82) is 0 Å². The molecule has 0 spiro atoms. The molecule has 0 aromatic heterocycles. The van der Waals surface area contributed by atoms with Crippen molar-refractivity contribution in [3.05, 3.63) is 155 Å². The first kappa shape index (κ1) is 38.3. The summed E-state index contributed by atoms with van der Waals surface area (Å²) in [6.07, 6.45) is -4.24. The van der Waals surface area contributed by atoms with Crippen LogP contribution in [0.3, 0.4) is 0 Å². The van der Waals surface area contributed by atoms with Gasteiger partial charge in [-0.2, -0.15) is 13.2 Å². The maximum Gasteiger partial charge on any atom is 0.422 e. The molecule has 0 aliphatic heterocycles. The molecule has 5 rings (SSSR count). The smallest absolute Gasteiger partial charge is 0.321 e. The van der Waals surface area contributed by atoms with Crippen LogP contribution in [0.4, 0.5) is 42.1 Å². The molecule has 0 saturated carbocycles. The van der Waals surface area contributed by atoms with Crippen LogP contribution in [-0.4, -0.2) is 23.0 Å². The molecular formula is C39H28F7N3O3S. The molecule has 14 heteroatoms. The molecular weight excluding hydrogens is 724 g/mol. The van der Waals surface area contributed by atoms with Crippen LogP contribution in [0.15, 0.2) is 120 Å². The number of hydrogen-bond donors (Lipinski definition) is 3. The molecule has 5 aromatic rings. The van der Waals surface area contributed by atoms with Crippen molar-refractivity contribution in [2.75, 3.05) is 10.6 Å². The number of hydrogen-bond acceptors (Lipinski definition) is 4. The zero-order valence-corrected chi connectivity index (χ0v) is 28.3. The number of rotatable bonds is 11. The van der Waals surface area contributed by atoms with E-state index in [1.54, 1.807) is 47.8 Å². The second kappa shape index (κ2) is 16.6. The largest absolute Gasteiger partial charge is 0.422 e. The van der Waals surface area contributed by atoms with Crippen LogP contribution in [0.5, 0.6) is 0 Å². The minimum absolute atomic E-state index is 0.00336. The lowest BCUT2D eigenvalue weighted by Gasteiger charge is -2.18. The molecule has 5 aromatic carbocycles. The molecule has 0 aliphatic rings. The average Bonchev–Trinajstić information content (AvgIpc) is 3.15. The normalized spacial score (nSPS) is 12.2. The fourth-order valence-corrected chi connectivity index (χ4v) is 6.05. The lowest BCUT2D eigenvalue weighted by atomic mass is 10.0. The van der Waals surface area contributed by atoms with E-state index in [-0.39, 0.29) is 17.8 Å². The summed E-state index contributed by atoms with van der Waals surface area (Å²) in [5.74, 6) is -12.6. The van der Waals surface area contributed by atoms with Crippen LogP contribution in [0.1, 0.15) is 34.8 Å². The van der Waals surface area contributed by atoms with Crippen LogP contribution >= 0.6 is 11.8 Å². The SMILES string of the molecule is CCC(Sc1cccc(NC(=O)/C(=C\c2ccc(-c3ccccc3)cc2)NC(=O)c2ccccc2)c1)C(=O)Nc1c(F)c(F)c(C(F)(F)F)c(F)c1F. The summed E-state index contributed by atoms with van der Waals surface area (Å²) in [5, 5.41) is 5.84. The molecule has 53 heavy (non-hydrogen) atoms. The third-order valence-corrected chi connectivity index (χ3v) is 9.04. The molecule has 3 N–H and O–H groups in total. The van der Waals surface area contributed by atoms with Gasteiger partial charge in [-0.05, 0) is 59.5 Å². The summed E-state index contributed by atoms with van der Waals surface area (Å²) in [4.78, 5) is 40.0. The van der Waals surface area contributed by atoms with Crippen LogP contribution in [0.25, 0.3) is 17.2 Å². The Morgan fingerprint density at radius 3 is 1.89 bits per heavy atom. The van der Waals surface area contributed by atoms with Crippen molar-refractivity contribution in [2.24, 2.45) is 0 Å². The topological polar surface area (TPSA) is 87.3 Å². The number of anilines is 2. The first-order valence-electron chi connectivity index (χ1n) is 15.8. The Kier molecular flexibility index (Phi) is 12.0. The lowest BCUT2D eigenvalue weighted by Crippen LogP contribution is -2.30. The van der Waals surface area contributed by atoms with Gasteiger partial charge < -0.3 is 16.0 Å². The lowest BCUT2D eigenvalue weighted by molar-refractivity contribution is -0.143. The van der Waals surface area contributed by atoms with Crippen LogP contribution in [-0.2, 0) is 15.8 Å². The van der Waals surface area contributed by atoms with E-state index in [0.29, 0.717) is 16.0 Å². The van der Waals surface area contributed by atoms with Gasteiger partial charge in [0.15, 0.2) is 23.3 Å². The van der Waals surface area contributed by atoms with Crippen LogP contribution in [0.2, 0.25) is 0 Å². The second-order valence-corrected chi connectivity index (χ2v) is 12.6. The van der Waals surface area contributed by atoms with Gasteiger partial charge in [0, 0.05) is 16.1 Å². The maximum absolute atomic E-state index is 14.5. The number of benzene rings is 5. The molecule has 1 atom stereocenters. The van der Waals surface area contributed by atoms with Crippen molar-refractivity contribution in [3.8, 4) is 11.1 Å². The molecule has 1 unspecified atom stereocenters. The quantitative estimate of drug-likeness (QED) is 0.0543. The fraction of sp³-hybridized carbons (Fsp3) is 0.103. The maximum atomic E-state index is 14.5. The van der Waals surface area contributed by atoms with E-state index < -0.39 is 63.7 Å². The highest BCUT2D eigenvalue weighted by atomic mass is 32.2. The van der Waals surface area contributed by atoms with E-state index in [1.807, 2.05) is 42.5 Å². The monoisotopic (exact) mass is 751 g/mol. The van der Waals surface area contributed by atoms with E-state index in [9.17, 15) is 45.1 Å². The minimum atomic E-state index is -5.74. The Hall–Kier alpha value is -5.89. The third kappa shape index (κ3) is 9.32. The molecule has 0 radical (unpaired) electrons. The summed E-state index contributed by atoms with van der Waals surface area (Å²) < 4.78 is 96.1. The summed E-state index contributed by atoms with van der Waals surface area (Å²) in [6.45, 7) is 1.52. The first-order valence-corrected chi connectivity index (χ1v) is 16.7. The van der Waals surface area contributed by atoms with E-state index in [1.165, 1.54) is 37.3 Å². The highest BCUT2D eigenvalue weighted by Gasteiger charge is 2.42. The molecule has 0 aliphatic carbocycles. The number of halogens is 7. The molecule has 272 valence electrons. The van der Waals surface area contributed by atoms with E-state index in [0.717, 1.165) is 22.9 Å². The number of amides is 3. The third-order valence-electron chi connectivity index (χ3n) is 7.69. The number of alkyl halides is 3.